The number of hydrogen-bond acceptors (Lipinski definition) is 2. The molecule has 0 saturated heterocycles. The van der Waals surface area contributed by atoms with Crippen molar-refractivity contribution in [2.45, 2.75) is 6.92 Å². The molecule has 0 fully saturated rings. The molecule has 1 aromatic carbocycles. The first-order valence-corrected chi connectivity index (χ1v) is 5.07. The Bertz CT molecular complexity index is 343. The zero-order chi connectivity index (χ0) is 10.6. The third-order valence-electron chi connectivity index (χ3n) is 1.78. The average molecular weight is 254 g/mol. The molecule has 14 heavy (non-hydrogen) atoms. The van der Waals surface area contributed by atoms with E-state index >= 15 is 0 Å². The van der Waals surface area contributed by atoms with E-state index in [-0.39, 0.29) is 5.78 Å². The Labute approximate surface area is 92.1 Å². The standard InChI is InChI=1S/C11H12BrNO/c1-8(12)7-13-11-5-3-10(4-6-11)9(2)14/h3-6,13H,1,7H2,2H3. The second-order valence-corrected chi connectivity index (χ2v) is 4.13. The van der Waals surface area contributed by atoms with Gasteiger partial charge in [0.1, 0.15) is 0 Å². The number of carbonyl (C=O) groups is 1. The maximum atomic E-state index is 11.0. The Morgan fingerprint density at radius 2 is 2.00 bits per heavy atom. The van der Waals surface area contributed by atoms with E-state index in [9.17, 15) is 4.79 Å². The number of nitrogens with one attached hydrogen (secondary N) is 1. The van der Waals surface area contributed by atoms with Gasteiger partial charge in [-0.05, 0) is 31.2 Å². The maximum absolute atomic E-state index is 11.0. The average Bonchev–Trinajstić information content (AvgIpc) is 2.15. The monoisotopic (exact) mass is 253 g/mol. The number of rotatable bonds is 4. The van der Waals surface area contributed by atoms with E-state index in [2.05, 4.69) is 27.8 Å². The quantitative estimate of drug-likeness (QED) is 0.836. The van der Waals surface area contributed by atoms with Gasteiger partial charge in [-0.25, -0.2) is 0 Å². The lowest BCUT2D eigenvalue weighted by Crippen LogP contribution is -2.00. The Hall–Kier alpha value is -1.09. The van der Waals surface area contributed by atoms with Crippen LogP contribution in [0.1, 0.15) is 17.3 Å². The zero-order valence-corrected chi connectivity index (χ0v) is 9.60. The predicted octanol–water partition coefficient (Wildman–Crippen LogP) is 3.21. The molecule has 0 aromatic heterocycles. The van der Waals surface area contributed by atoms with Gasteiger partial charge in [0.15, 0.2) is 5.78 Å². The molecule has 0 atom stereocenters. The first-order valence-electron chi connectivity index (χ1n) is 4.28. The highest BCUT2D eigenvalue weighted by molar-refractivity contribution is 9.11. The van der Waals surface area contributed by atoms with Gasteiger partial charge in [-0.15, -0.1) is 0 Å². The number of carbonyl (C=O) groups excluding carboxylic acids is 1. The van der Waals surface area contributed by atoms with Gasteiger partial charge in [0.2, 0.25) is 0 Å². The highest BCUT2D eigenvalue weighted by Crippen LogP contribution is 2.11. The molecule has 0 aliphatic rings. The summed E-state index contributed by atoms with van der Waals surface area (Å²) in [6.45, 7) is 5.95. The number of benzene rings is 1. The van der Waals surface area contributed by atoms with Gasteiger partial charge in [-0.3, -0.25) is 4.79 Å². The molecule has 0 amide bonds. The van der Waals surface area contributed by atoms with Gasteiger partial charge in [-0.1, -0.05) is 22.5 Å². The van der Waals surface area contributed by atoms with Crippen molar-refractivity contribution in [1.29, 1.82) is 0 Å². The van der Waals surface area contributed by atoms with E-state index in [1.807, 2.05) is 24.3 Å². The molecule has 0 saturated carbocycles. The molecule has 74 valence electrons. The number of hydrogen-bond donors (Lipinski definition) is 1. The third kappa shape index (κ3) is 3.34. The summed E-state index contributed by atoms with van der Waals surface area (Å²) in [5.41, 5.74) is 1.71. The normalized spacial score (nSPS) is 9.57. The van der Waals surface area contributed by atoms with Crippen molar-refractivity contribution in [1.82, 2.24) is 0 Å². The minimum Gasteiger partial charge on any atom is -0.380 e. The molecule has 1 aromatic rings. The van der Waals surface area contributed by atoms with E-state index in [0.717, 1.165) is 15.7 Å². The zero-order valence-electron chi connectivity index (χ0n) is 8.01. The Morgan fingerprint density at radius 3 is 2.43 bits per heavy atom. The molecule has 0 radical (unpaired) electrons. The van der Waals surface area contributed by atoms with E-state index in [0.29, 0.717) is 6.54 Å². The number of ketones is 1. The van der Waals surface area contributed by atoms with E-state index in [1.54, 1.807) is 6.92 Å². The van der Waals surface area contributed by atoms with E-state index in [4.69, 9.17) is 0 Å². The largest absolute Gasteiger partial charge is 0.380 e. The van der Waals surface area contributed by atoms with Gasteiger partial charge in [0.25, 0.3) is 0 Å². The number of anilines is 1. The summed E-state index contributed by atoms with van der Waals surface area (Å²) < 4.78 is 0.896. The van der Waals surface area contributed by atoms with Crippen LogP contribution in [0.2, 0.25) is 0 Å². The van der Waals surface area contributed by atoms with Crippen molar-refractivity contribution in [3.8, 4) is 0 Å². The SMILES string of the molecule is C=C(Br)CNc1ccc(C(C)=O)cc1. The molecule has 1 rings (SSSR count). The molecule has 0 bridgehead atoms. The molecule has 0 aliphatic carbocycles. The lowest BCUT2D eigenvalue weighted by atomic mass is 10.1. The molecule has 0 heterocycles. The minimum atomic E-state index is 0.0847. The highest BCUT2D eigenvalue weighted by Gasteiger charge is 1.98. The van der Waals surface area contributed by atoms with Gasteiger partial charge in [-0.2, -0.15) is 0 Å². The van der Waals surface area contributed by atoms with Gasteiger partial charge >= 0.3 is 0 Å². The number of Topliss-reactive ketones (excluding diaryl/α,β-unsaturated/α-hetero) is 1. The lowest BCUT2D eigenvalue weighted by Gasteiger charge is -2.05. The van der Waals surface area contributed by atoms with Crippen LogP contribution in [0.25, 0.3) is 0 Å². The summed E-state index contributed by atoms with van der Waals surface area (Å²) in [5, 5.41) is 3.15. The molecule has 1 N–H and O–H groups in total. The summed E-state index contributed by atoms with van der Waals surface area (Å²) in [4.78, 5) is 11.0. The molecule has 2 nitrogen and oxygen atoms in total. The van der Waals surface area contributed by atoms with Crippen LogP contribution < -0.4 is 5.32 Å². The van der Waals surface area contributed by atoms with Crippen LogP contribution >= 0.6 is 15.9 Å². The number of halogens is 1. The highest BCUT2D eigenvalue weighted by atomic mass is 79.9. The fourth-order valence-corrected chi connectivity index (χ4v) is 1.16. The molecule has 0 aliphatic heterocycles. The van der Waals surface area contributed by atoms with Crippen LogP contribution in [0.5, 0.6) is 0 Å². The van der Waals surface area contributed by atoms with Crippen LogP contribution in [0.3, 0.4) is 0 Å². The fourth-order valence-electron chi connectivity index (χ4n) is 1.02. The summed E-state index contributed by atoms with van der Waals surface area (Å²) >= 11 is 3.26. The second-order valence-electron chi connectivity index (χ2n) is 3.00. The third-order valence-corrected chi connectivity index (χ3v) is 2.06. The minimum absolute atomic E-state index is 0.0847. The van der Waals surface area contributed by atoms with Crippen LogP contribution in [0.4, 0.5) is 5.69 Å². The first-order chi connectivity index (χ1) is 6.59. The van der Waals surface area contributed by atoms with E-state index in [1.165, 1.54) is 0 Å². The predicted molar refractivity (Wildman–Crippen MR) is 63.0 cm³/mol. The van der Waals surface area contributed by atoms with Crippen molar-refractivity contribution >= 4 is 27.4 Å². The van der Waals surface area contributed by atoms with E-state index < -0.39 is 0 Å². The van der Waals surface area contributed by atoms with Crippen LogP contribution in [-0.4, -0.2) is 12.3 Å². The van der Waals surface area contributed by atoms with Crippen molar-refractivity contribution in [2.24, 2.45) is 0 Å². The van der Waals surface area contributed by atoms with Crippen LogP contribution in [-0.2, 0) is 0 Å². The molecular weight excluding hydrogens is 242 g/mol. The van der Waals surface area contributed by atoms with Crippen LogP contribution in [0.15, 0.2) is 35.3 Å². The van der Waals surface area contributed by atoms with Crippen molar-refractivity contribution < 1.29 is 4.79 Å². The van der Waals surface area contributed by atoms with Crippen molar-refractivity contribution in [3.05, 3.63) is 40.9 Å². The second kappa shape index (κ2) is 4.96. The summed E-state index contributed by atoms with van der Waals surface area (Å²) in [7, 11) is 0. The Balaban J connectivity index is 2.64. The molecule has 3 heteroatoms. The summed E-state index contributed by atoms with van der Waals surface area (Å²) in [6.07, 6.45) is 0. The summed E-state index contributed by atoms with van der Waals surface area (Å²) in [6, 6.07) is 7.38. The molecule has 0 unspecified atom stereocenters. The smallest absolute Gasteiger partial charge is 0.159 e. The van der Waals surface area contributed by atoms with Gasteiger partial charge in [0.05, 0.1) is 0 Å². The lowest BCUT2D eigenvalue weighted by molar-refractivity contribution is 0.101. The van der Waals surface area contributed by atoms with Gasteiger partial charge in [0, 0.05) is 22.3 Å². The molecular formula is C11H12BrNO. The summed E-state index contributed by atoms with van der Waals surface area (Å²) in [5.74, 6) is 0.0847. The molecule has 0 spiro atoms. The van der Waals surface area contributed by atoms with Crippen molar-refractivity contribution in [3.63, 3.8) is 0 Å². The van der Waals surface area contributed by atoms with Crippen LogP contribution in [0, 0.1) is 0 Å². The fraction of sp³-hybridized carbons (Fsp3) is 0.182. The first kappa shape index (κ1) is 11.0. The topological polar surface area (TPSA) is 29.1 Å². The van der Waals surface area contributed by atoms with Gasteiger partial charge < -0.3 is 5.32 Å². The maximum Gasteiger partial charge on any atom is 0.159 e. The van der Waals surface area contributed by atoms with Crippen molar-refractivity contribution in [2.75, 3.05) is 11.9 Å². The Kier molecular flexibility index (Phi) is 3.89. The Morgan fingerprint density at radius 1 is 1.43 bits per heavy atom.